The van der Waals surface area contributed by atoms with Gasteiger partial charge in [-0.2, -0.15) is 5.10 Å². The highest BCUT2D eigenvalue weighted by molar-refractivity contribution is 5.00. The normalized spacial score (nSPS) is 28.3. The Labute approximate surface area is 113 Å². The van der Waals surface area contributed by atoms with E-state index in [1.165, 1.54) is 25.7 Å². The van der Waals surface area contributed by atoms with Crippen molar-refractivity contribution >= 4 is 0 Å². The molecule has 1 aromatic heterocycles. The van der Waals surface area contributed by atoms with E-state index < -0.39 is 5.60 Å². The average Bonchev–Trinajstić information content (AvgIpc) is 3.08. The second-order valence-corrected chi connectivity index (χ2v) is 5.86. The molecule has 5 heteroatoms. The highest BCUT2D eigenvalue weighted by Gasteiger charge is 2.31. The van der Waals surface area contributed by atoms with E-state index in [1.807, 2.05) is 0 Å². The highest BCUT2D eigenvalue weighted by atomic mass is 16.5. The first-order chi connectivity index (χ1) is 9.25. The van der Waals surface area contributed by atoms with Crippen LogP contribution in [-0.2, 0) is 11.3 Å². The van der Waals surface area contributed by atoms with Gasteiger partial charge in [0.25, 0.3) is 0 Å². The first-order valence-corrected chi connectivity index (χ1v) is 7.30. The molecular formula is C14H23N3O2. The van der Waals surface area contributed by atoms with Gasteiger partial charge in [0.2, 0.25) is 0 Å². The molecule has 2 N–H and O–H groups in total. The van der Waals surface area contributed by atoms with Gasteiger partial charge in [0.05, 0.1) is 18.3 Å². The van der Waals surface area contributed by atoms with Crippen LogP contribution in [0.3, 0.4) is 0 Å². The van der Waals surface area contributed by atoms with Gasteiger partial charge in [-0.3, -0.25) is 4.68 Å². The van der Waals surface area contributed by atoms with Crippen molar-refractivity contribution in [2.24, 2.45) is 0 Å². The molecule has 1 aromatic rings. The number of hydrogen-bond acceptors (Lipinski definition) is 4. The fourth-order valence-electron chi connectivity index (χ4n) is 3.00. The van der Waals surface area contributed by atoms with Gasteiger partial charge in [-0.25, -0.2) is 0 Å². The van der Waals surface area contributed by atoms with Crippen LogP contribution in [0.25, 0.3) is 0 Å². The topological polar surface area (TPSA) is 59.3 Å². The lowest BCUT2D eigenvalue weighted by atomic mass is 10.0. The van der Waals surface area contributed by atoms with E-state index in [2.05, 4.69) is 27.4 Å². The Balaban J connectivity index is 1.47. The van der Waals surface area contributed by atoms with Gasteiger partial charge in [0.15, 0.2) is 0 Å². The van der Waals surface area contributed by atoms with Gasteiger partial charge in [0.1, 0.15) is 5.60 Å². The van der Waals surface area contributed by atoms with E-state index >= 15 is 0 Å². The molecule has 2 heterocycles. The van der Waals surface area contributed by atoms with E-state index in [0.29, 0.717) is 32.3 Å². The Hall–Kier alpha value is -0.910. The third kappa shape index (κ3) is 3.16. The Morgan fingerprint density at radius 2 is 2.32 bits per heavy atom. The van der Waals surface area contributed by atoms with Crippen molar-refractivity contribution in [3.05, 3.63) is 18.0 Å². The lowest BCUT2D eigenvalue weighted by molar-refractivity contribution is 0.0268. The molecule has 0 bridgehead atoms. The molecule has 1 unspecified atom stereocenters. The van der Waals surface area contributed by atoms with Crippen molar-refractivity contribution in [3.8, 4) is 0 Å². The van der Waals surface area contributed by atoms with Crippen LogP contribution in [0.2, 0.25) is 0 Å². The van der Waals surface area contributed by atoms with Crippen LogP contribution in [-0.4, -0.2) is 40.2 Å². The predicted molar refractivity (Wildman–Crippen MR) is 71.8 cm³/mol. The second kappa shape index (κ2) is 5.61. The number of nitrogens with zero attached hydrogens (tertiary/aromatic N) is 2. The monoisotopic (exact) mass is 265 g/mol. The van der Waals surface area contributed by atoms with Crippen LogP contribution in [0.15, 0.2) is 12.3 Å². The van der Waals surface area contributed by atoms with Crippen LogP contribution in [0, 0.1) is 0 Å². The van der Waals surface area contributed by atoms with Gasteiger partial charge >= 0.3 is 0 Å². The van der Waals surface area contributed by atoms with Gasteiger partial charge in [-0.1, -0.05) is 12.8 Å². The fourth-order valence-corrected chi connectivity index (χ4v) is 3.00. The fraction of sp³-hybridized carbons (Fsp3) is 0.786. The molecule has 106 valence electrons. The highest BCUT2D eigenvalue weighted by Crippen LogP contribution is 2.28. The molecule has 0 spiro atoms. The molecule has 1 aliphatic heterocycles. The molecule has 1 atom stereocenters. The molecule has 2 aliphatic rings. The van der Waals surface area contributed by atoms with E-state index in [0.717, 1.165) is 12.1 Å². The lowest BCUT2D eigenvalue weighted by Gasteiger charge is -2.20. The Kier molecular flexibility index (Phi) is 3.86. The van der Waals surface area contributed by atoms with Crippen molar-refractivity contribution in [3.63, 3.8) is 0 Å². The minimum Gasteiger partial charge on any atom is -0.386 e. The third-order valence-corrected chi connectivity index (χ3v) is 4.21. The van der Waals surface area contributed by atoms with Crippen LogP contribution in [0.1, 0.15) is 43.8 Å². The summed E-state index contributed by atoms with van der Waals surface area (Å²) in [7, 11) is 0. The van der Waals surface area contributed by atoms with Crippen LogP contribution >= 0.6 is 0 Å². The minimum atomic E-state index is -0.686. The maximum Gasteiger partial charge on any atom is 0.103 e. The van der Waals surface area contributed by atoms with E-state index in [9.17, 15) is 5.11 Å². The predicted octanol–water partition coefficient (Wildman–Crippen LogP) is 1.24. The van der Waals surface area contributed by atoms with Crippen molar-refractivity contribution < 1.29 is 9.84 Å². The Bertz CT molecular complexity index is 407. The molecule has 3 rings (SSSR count). The Morgan fingerprint density at radius 1 is 1.47 bits per heavy atom. The van der Waals surface area contributed by atoms with Gasteiger partial charge < -0.3 is 15.2 Å². The number of ether oxygens (including phenoxy) is 1. The van der Waals surface area contributed by atoms with Crippen LogP contribution in [0.4, 0.5) is 0 Å². The quantitative estimate of drug-likeness (QED) is 0.841. The molecule has 19 heavy (non-hydrogen) atoms. The first kappa shape index (κ1) is 13.1. The van der Waals surface area contributed by atoms with Crippen LogP contribution < -0.4 is 5.32 Å². The number of rotatable bonds is 5. The second-order valence-electron chi connectivity index (χ2n) is 5.86. The molecule has 0 aromatic carbocycles. The van der Waals surface area contributed by atoms with Gasteiger partial charge in [-0.15, -0.1) is 0 Å². The smallest absolute Gasteiger partial charge is 0.103 e. The minimum absolute atomic E-state index is 0.441. The third-order valence-electron chi connectivity index (χ3n) is 4.21. The molecule has 2 fully saturated rings. The number of hydrogen-bond donors (Lipinski definition) is 2. The first-order valence-electron chi connectivity index (χ1n) is 7.30. The SMILES string of the molecule is OC1(CNCc2ccn(C3CCCC3)n2)CCOC1. The summed E-state index contributed by atoms with van der Waals surface area (Å²) in [4.78, 5) is 0. The van der Waals surface area contributed by atoms with Crippen molar-refractivity contribution in [1.29, 1.82) is 0 Å². The molecular weight excluding hydrogens is 242 g/mol. The van der Waals surface area contributed by atoms with E-state index in [1.54, 1.807) is 0 Å². The summed E-state index contributed by atoms with van der Waals surface area (Å²) in [6.07, 6.45) is 7.96. The maximum atomic E-state index is 10.1. The standard InChI is InChI=1S/C14H23N3O2/c18-14(6-8-19-11-14)10-15-9-12-5-7-17(16-12)13-3-1-2-4-13/h5,7,13,15,18H,1-4,6,8-11H2. The zero-order valence-corrected chi connectivity index (χ0v) is 11.3. The van der Waals surface area contributed by atoms with Crippen molar-refractivity contribution in [1.82, 2.24) is 15.1 Å². The van der Waals surface area contributed by atoms with E-state index in [-0.39, 0.29) is 0 Å². The van der Waals surface area contributed by atoms with Gasteiger partial charge in [0, 0.05) is 32.3 Å². The molecule has 1 saturated carbocycles. The number of aliphatic hydroxyl groups is 1. The van der Waals surface area contributed by atoms with Crippen molar-refractivity contribution in [2.45, 2.75) is 50.3 Å². The molecule has 1 aliphatic carbocycles. The average molecular weight is 265 g/mol. The number of aromatic nitrogens is 2. The zero-order chi connectivity index (χ0) is 13.1. The molecule has 0 radical (unpaired) electrons. The Morgan fingerprint density at radius 3 is 3.05 bits per heavy atom. The molecule has 5 nitrogen and oxygen atoms in total. The molecule has 1 saturated heterocycles. The lowest BCUT2D eigenvalue weighted by Crippen LogP contribution is -2.40. The zero-order valence-electron chi connectivity index (χ0n) is 11.3. The number of nitrogens with one attached hydrogen (secondary N) is 1. The summed E-state index contributed by atoms with van der Waals surface area (Å²) >= 11 is 0. The van der Waals surface area contributed by atoms with Crippen LogP contribution in [0.5, 0.6) is 0 Å². The van der Waals surface area contributed by atoms with E-state index in [4.69, 9.17) is 4.74 Å². The largest absolute Gasteiger partial charge is 0.386 e. The maximum absolute atomic E-state index is 10.1. The van der Waals surface area contributed by atoms with Crippen molar-refractivity contribution in [2.75, 3.05) is 19.8 Å². The summed E-state index contributed by atoms with van der Waals surface area (Å²) in [5.74, 6) is 0. The summed E-state index contributed by atoms with van der Waals surface area (Å²) in [5.41, 5.74) is 0.364. The summed E-state index contributed by atoms with van der Waals surface area (Å²) in [6.45, 7) is 2.39. The summed E-state index contributed by atoms with van der Waals surface area (Å²) in [6, 6.07) is 2.67. The van der Waals surface area contributed by atoms with Gasteiger partial charge in [-0.05, 0) is 18.9 Å². The molecule has 0 amide bonds. The summed E-state index contributed by atoms with van der Waals surface area (Å²) in [5, 5.41) is 18.0. The summed E-state index contributed by atoms with van der Waals surface area (Å²) < 4.78 is 7.33.